The van der Waals surface area contributed by atoms with Crippen molar-refractivity contribution in [2.24, 2.45) is 5.41 Å². The molecule has 0 atom stereocenters. The molecule has 0 fully saturated rings. The van der Waals surface area contributed by atoms with Crippen molar-refractivity contribution in [1.82, 2.24) is 0 Å². The minimum atomic E-state index is 0.124. The molecule has 0 heterocycles. The third kappa shape index (κ3) is 2.52. The Labute approximate surface area is 98.0 Å². The fourth-order valence-electron chi connectivity index (χ4n) is 2.16. The highest BCUT2D eigenvalue weighted by Crippen LogP contribution is 2.30. The summed E-state index contributed by atoms with van der Waals surface area (Å²) in [5.74, 6) is 0. The molecular weight excluding hydrogens is 192 g/mol. The van der Waals surface area contributed by atoms with Gasteiger partial charge in [-0.2, -0.15) is 0 Å². The molecule has 16 heavy (non-hydrogen) atoms. The minimum Gasteiger partial charge on any atom is -0.0721 e. The highest BCUT2D eigenvalue weighted by molar-refractivity contribution is 5.76. The van der Waals surface area contributed by atoms with Gasteiger partial charge in [0.2, 0.25) is 0 Å². The molecule has 0 bridgehead atoms. The number of allylic oxidation sites excluding steroid dienone is 6. The van der Waals surface area contributed by atoms with Gasteiger partial charge in [-0.25, -0.2) is 0 Å². The van der Waals surface area contributed by atoms with Crippen LogP contribution in [0.25, 0.3) is 5.57 Å². The first-order valence-corrected chi connectivity index (χ1v) is 5.73. The SMILES string of the molecule is CC1=CC(C)(C)C=C(c2ccccc2)C=C1. The van der Waals surface area contributed by atoms with Crippen molar-refractivity contribution in [3.63, 3.8) is 0 Å². The van der Waals surface area contributed by atoms with E-state index >= 15 is 0 Å². The second-order valence-electron chi connectivity index (χ2n) is 5.01. The van der Waals surface area contributed by atoms with E-state index in [1.165, 1.54) is 16.7 Å². The molecule has 0 nitrogen and oxygen atoms in total. The van der Waals surface area contributed by atoms with Gasteiger partial charge in [-0.05, 0) is 18.1 Å². The molecule has 0 spiro atoms. The molecule has 0 heteroatoms. The molecule has 1 aromatic carbocycles. The maximum atomic E-state index is 2.33. The molecular formula is C16H18. The minimum absolute atomic E-state index is 0.124. The van der Waals surface area contributed by atoms with Crippen molar-refractivity contribution in [1.29, 1.82) is 0 Å². The van der Waals surface area contributed by atoms with E-state index in [0.29, 0.717) is 0 Å². The van der Waals surface area contributed by atoms with E-state index in [2.05, 4.69) is 75.4 Å². The predicted molar refractivity (Wildman–Crippen MR) is 71.1 cm³/mol. The number of benzene rings is 1. The fourth-order valence-corrected chi connectivity index (χ4v) is 2.16. The van der Waals surface area contributed by atoms with Crippen molar-refractivity contribution >= 4 is 5.57 Å². The lowest BCUT2D eigenvalue weighted by atomic mass is 9.89. The van der Waals surface area contributed by atoms with Crippen LogP contribution in [0.2, 0.25) is 0 Å². The largest absolute Gasteiger partial charge is 0.0721 e. The Kier molecular flexibility index (Phi) is 2.82. The summed E-state index contributed by atoms with van der Waals surface area (Å²) in [5.41, 5.74) is 4.04. The van der Waals surface area contributed by atoms with E-state index in [0.717, 1.165) is 0 Å². The van der Waals surface area contributed by atoms with E-state index in [1.54, 1.807) is 0 Å². The lowest BCUT2D eigenvalue weighted by Gasteiger charge is -2.16. The van der Waals surface area contributed by atoms with E-state index in [1.807, 2.05) is 0 Å². The molecule has 1 aromatic rings. The number of rotatable bonds is 1. The van der Waals surface area contributed by atoms with E-state index in [9.17, 15) is 0 Å². The monoisotopic (exact) mass is 210 g/mol. The van der Waals surface area contributed by atoms with Gasteiger partial charge >= 0.3 is 0 Å². The molecule has 0 radical (unpaired) electrons. The summed E-state index contributed by atoms with van der Waals surface area (Å²) >= 11 is 0. The van der Waals surface area contributed by atoms with Crippen LogP contribution in [0.5, 0.6) is 0 Å². The van der Waals surface area contributed by atoms with Crippen LogP contribution in [-0.2, 0) is 0 Å². The molecule has 0 saturated carbocycles. The summed E-state index contributed by atoms with van der Waals surface area (Å²) in [6.07, 6.45) is 9.03. The standard InChI is InChI=1S/C16H18/c1-13-9-10-15(12-16(2,3)11-13)14-7-5-4-6-8-14/h4-12H,1-3H3. The summed E-state index contributed by atoms with van der Waals surface area (Å²) in [5, 5.41) is 0. The zero-order valence-corrected chi connectivity index (χ0v) is 10.2. The summed E-state index contributed by atoms with van der Waals surface area (Å²) in [4.78, 5) is 0. The van der Waals surface area contributed by atoms with Gasteiger partial charge in [0.15, 0.2) is 0 Å². The molecule has 0 aliphatic heterocycles. The van der Waals surface area contributed by atoms with Crippen LogP contribution in [0.4, 0.5) is 0 Å². The maximum absolute atomic E-state index is 2.33. The van der Waals surface area contributed by atoms with Crippen molar-refractivity contribution in [3.05, 3.63) is 65.8 Å². The molecule has 0 amide bonds. The Morgan fingerprint density at radius 3 is 2.25 bits per heavy atom. The summed E-state index contributed by atoms with van der Waals surface area (Å²) < 4.78 is 0. The Hall–Kier alpha value is -1.56. The third-order valence-electron chi connectivity index (χ3n) is 2.76. The highest BCUT2D eigenvalue weighted by atomic mass is 14.2. The Morgan fingerprint density at radius 1 is 0.875 bits per heavy atom. The van der Waals surface area contributed by atoms with E-state index in [-0.39, 0.29) is 5.41 Å². The van der Waals surface area contributed by atoms with Gasteiger partial charge in [-0.1, -0.05) is 74.1 Å². The van der Waals surface area contributed by atoms with Gasteiger partial charge in [0.05, 0.1) is 0 Å². The van der Waals surface area contributed by atoms with Crippen LogP contribution in [0.15, 0.2) is 60.2 Å². The first kappa shape index (κ1) is 10.9. The molecule has 0 saturated heterocycles. The van der Waals surface area contributed by atoms with Crippen molar-refractivity contribution in [3.8, 4) is 0 Å². The van der Waals surface area contributed by atoms with Gasteiger partial charge in [-0.3, -0.25) is 0 Å². The second kappa shape index (κ2) is 4.13. The lowest BCUT2D eigenvalue weighted by molar-refractivity contribution is 0.625. The summed E-state index contributed by atoms with van der Waals surface area (Å²) in [6.45, 7) is 6.64. The topological polar surface area (TPSA) is 0 Å². The summed E-state index contributed by atoms with van der Waals surface area (Å²) in [7, 11) is 0. The molecule has 0 unspecified atom stereocenters. The molecule has 2 rings (SSSR count). The van der Waals surface area contributed by atoms with Crippen LogP contribution in [0, 0.1) is 5.41 Å². The van der Waals surface area contributed by atoms with Gasteiger partial charge < -0.3 is 0 Å². The van der Waals surface area contributed by atoms with Gasteiger partial charge in [0, 0.05) is 5.41 Å². The zero-order chi connectivity index (χ0) is 11.6. The fraction of sp³-hybridized carbons (Fsp3) is 0.250. The van der Waals surface area contributed by atoms with Gasteiger partial charge in [-0.15, -0.1) is 0 Å². The smallest absolute Gasteiger partial charge is 0.00193 e. The molecule has 82 valence electrons. The quantitative estimate of drug-likeness (QED) is 0.635. The van der Waals surface area contributed by atoms with Gasteiger partial charge in [0.1, 0.15) is 0 Å². The second-order valence-corrected chi connectivity index (χ2v) is 5.01. The molecule has 1 aliphatic rings. The first-order valence-electron chi connectivity index (χ1n) is 5.73. The van der Waals surface area contributed by atoms with Crippen molar-refractivity contribution in [2.45, 2.75) is 20.8 Å². The average molecular weight is 210 g/mol. The molecule has 0 aromatic heterocycles. The van der Waals surface area contributed by atoms with E-state index in [4.69, 9.17) is 0 Å². The highest BCUT2D eigenvalue weighted by Gasteiger charge is 2.14. The number of hydrogen-bond acceptors (Lipinski definition) is 0. The Bertz CT molecular complexity index is 456. The normalized spacial score (nSPS) is 18.7. The van der Waals surface area contributed by atoms with Gasteiger partial charge in [0.25, 0.3) is 0 Å². The van der Waals surface area contributed by atoms with Crippen LogP contribution >= 0.6 is 0 Å². The number of hydrogen-bond donors (Lipinski definition) is 0. The maximum Gasteiger partial charge on any atom is 0.00193 e. The van der Waals surface area contributed by atoms with Crippen LogP contribution in [-0.4, -0.2) is 0 Å². The third-order valence-corrected chi connectivity index (χ3v) is 2.76. The van der Waals surface area contributed by atoms with Crippen molar-refractivity contribution in [2.75, 3.05) is 0 Å². The summed E-state index contributed by atoms with van der Waals surface area (Å²) in [6, 6.07) is 10.5. The molecule has 1 aliphatic carbocycles. The van der Waals surface area contributed by atoms with Crippen LogP contribution in [0.1, 0.15) is 26.3 Å². The zero-order valence-electron chi connectivity index (χ0n) is 10.2. The average Bonchev–Trinajstić information content (AvgIpc) is 2.37. The Morgan fingerprint density at radius 2 is 1.56 bits per heavy atom. The van der Waals surface area contributed by atoms with Crippen molar-refractivity contribution < 1.29 is 0 Å². The lowest BCUT2D eigenvalue weighted by Crippen LogP contribution is -2.03. The first-order chi connectivity index (χ1) is 7.57. The van der Waals surface area contributed by atoms with E-state index < -0.39 is 0 Å². The predicted octanol–water partition coefficient (Wildman–Crippen LogP) is 4.61. The molecule has 0 N–H and O–H groups in total. The van der Waals surface area contributed by atoms with Crippen LogP contribution < -0.4 is 0 Å². The van der Waals surface area contributed by atoms with Crippen LogP contribution in [0.3, 0.4) is 0 Å². The Balaban J connectivity index is 2.44.